The van der Waals surface area contributed by atoms with Gasteiger partial charge in [0, 0.05) is 13.2 Å². The number of carbonyl (C=O) groups excluding carboxylic acids is 1. The summed E-state index contributed by atoms with van der Waals surface area (Å²) in [6, 6.07) is 11.9. The minimum Gasteiger partial charge on any atom is -0.507 e. The minimum atomic E-state index is -0.801. The lowest BCUT2D eigenvalue weighted by Gasteiger charge is -2.17. The van der Waals surface area contributed by atoms with Crippen LogP contribution in [0.2, 0.25) is 0 Å². The van der Waals surface area contributed by atoms with Gasteiger partial charge in [-0.2, -0.15) is 0 Å². The van der Waals surface area contributed by atoms with Gasteiger partial charge in [0.1, 0.15) is 11.9 Å². The molecule has 5 heteroatoms. The monoisotopic (exact) mass is 302 g/mol. The third-order valence-corrected chi connectivity index (χ3v) is 3.34. The molecule has 0 aliphatic heterocycles. The fourth-order valence-electron chi connectivity index (χ4n) is 2.23. The number of phenols is 1. The van der Waals surface area contributed by atoms with Gasteiger partial charge in [0.15, 0.2) is 17.3 Å². The van der Waals surface area contributed by atoms with Crippen molar-refractivity contribution in [2.24, 2.45) is 0 Å². The quantitative estimate of drug-likeness (QED) is 0.831. The van der Waals surface area contributed by atoms with Crippen LogP contribution in [-0.2, 0) is 4.74 Å². The van der Waals surface area contributed by atoms with E-state index in [1.165, 1.54) is 33.5 Å². The minimum absolute atomic E-state index is 0.119. The molecule has 0 aliphatic rings. The Bertz CT molecular complexity index is 652. The third-order valence-electron chi connectivity index (χ3n) is 3.34. The molecule has 116 valence electrons. The summed E-state index contributed by atoms with van der Waals surface area (Å²) in [6.07, 6.45) is -0.801. The molecular weight excluding hydrogens is 284 g/mol. The summed E-state index contributed by atoms with van der Waals surface area (Å²) in [5, 5.41) is 10.1. The normalized spacial score (nSPS) is 11.8. The van der Waals surface area contributed by atoms with Crippen LogP contribution in [0.3, 0.4) is 0 Å². The van der Waals surface area contributed by atoms with Crippen LogP contribution in [0.25, 0.3) is 0 Å². The average molecular weight is 302 g/mol. The number of methoxy groups -OCH3 is 3. The Morgan fingerprint density at radius 1 is 1.00 bits per heavy atom. The van der Waals surface area contributed by atoms with Crippen LogP contribution < -0.4 is 9.47 Å². The van der Waals surface area contributed by atoms with E-state index in [0.717, 1.165) is 0 Å². The molecule has 0 saturated carbocycles. The Kier molecular flexibility index (Phi) is 5.01. The molecule has 0 fully saturated rings. The van der Waals surface area contributed by atoms with Gasteiger partial charge in [-0.1, -0.05) is 30.3 Å². The van der Waals surface area contributed by atoms with Crippen molar-refractivity contribution in [2.45, 2.75) is 6.10 Å². The Labute approximate surface area is 129 Å². The van der Waals surface area contributed by atoms with Crippen molar-refractivity contribution < 1.29 is 24.1 Å². The summed E-state index contributed by atoms with van der Waals surface area (Å²) in [5.41, 5.74) is 0.831. The molecular formula is C17H18O5. The summed E-state index contributed by atoms with van der Waals surface area (Å²) in [7, 11) is 4.38. The van der Waals surface area contributed by atoms with E-state index < -0.39 is 6.10 Å². The fraction of sp³-hybridized carbons (Fsp3) is 0.235. The van der Waals surface area contributed by atoms with Gasteiger partial charge in [-0.25, -0.2) is 0 Å². The molecule has 0 bridgehead atoms. The molecule has 22 heavy (non-hydrogen) atoms. The lowest BCUT2D eigenvalue weighted by molar-refractivity contribution is 0.0601. The smallest absolute Gasteiger partial charge is 0.199 e. The Balaban J connectivity index is 2.44. The van der Waals surface area contributed by atoms with E-state index in [-0.39, 0.29) is 17.1 Å². The van der Waals surface area contributed by atoms with Crippen molar-refractivity contribution in [3.05, 3.63) is 53.6 Å². The topological polar surface area (TPSA) is 65.0 Å². The molecule has 0 aliphatic carbocycles. The standard InChI is InChI=1S/C17H18O5/c1-20-14-9-12(13(18)10-15(14)21-2)16(19)17(22-3)11-7-5-4-6-8-11/h4-10,17-18H,1-3H3. The molecule has 2 aromatic carbocycles. The van der Waals surface area contributed by atoms with Gasteiger partial charge in [0.25, 0.3) is 0 Å². The second kappa shape index (κ2) is 6.95. The van der Waals surface area contributed by atoms with Crippen molar-refractivity contribution in [2.75, 3.05) is 21.3 Å². The number of phenolic OH excluding ortho intramolecular Hbond substituents is 1. The first-order valence-electron chi connectivity index (χ1n) is 6.69. The van der Waals surface area contributed by atoms with Gasteiger partial charge < -0.3 is 19.3 Å². The lowest BCUT2D eigenvalue weighted by atomic mass is 9.98. The summed E-state index contributed by atoms with van der Waals surface area (Å²) < 4.78 is 15.6. The second-order valence-corrected chi connectivity index (χ2v) is 4.62. The van der Waals surface area contributed by atoms with Crippen molar-refractivity contribution in [3.8, 4) is 17.2 Å². The maximum atomic E-state index is 12.7. The van der Waals surface area contributed by atoms with Crippen LogP contribution in [0.4, 0.5) is 0 Å². The first-order valence-corrected chi connectivity index (χ1v) is 6.69. The zero-order valence-corrected chi connectivity index (χ0v) is 12.7. The number of rotatable bonds is 6. The van der Waals surface area contributed by atoms with Crippen LogP contribution in [0.1, 0.15) is 22.0 Å². The predicted molar refractivity (Wildman–Crippen MR) is 81.7 cm³/mol. The maximum absolute atomic E-state index is 12.7. The molecule has 1 unspecified atom stereocenters. The Hall–Kier alpha value is -2.53. The highest BCUT2D eigenvalue weighted by atomic mass is 16.5. The summed E-state index contributed by atoms with van der Waals surface area (Å²) in [6.45, 7) is 0. The van der Waals surface area contributed by atoms with E-state index in [1.54, 1.807) is 12.1 Å². The Morgan fingerprint density at radius 2 is 1.59 bits per heavy atom. The van der Waals surface area contributed by atoms with Gasteiger partial charge in [0.2, 0.25) is 0 Å². The van der Waals surface area contributed by atoms with E-state index in [9.17, 15) is 9.90 Å². The third kappa shape index (κ3) is 3.04. The fourth-order valence-corrected chi connectivity index (χ4v) is 2.23. The molecule has 0 saturated heterocycles. The van der Waals surface area contributed by atoms with Crippen molar-refractivity contribution in [1.29, 1.82) is 0 Å². The average Bonchev–Trinajstić information content (AvgIpc) is 2.56. The first-order chi connectivity index (χ1) is 10.6. The zero-order chi connectivity index (χ0) is 16.1. The van der Waals surface area contributed by atoms with Crippen LogP contribution in [0, 0.1) is 0 Å². The highest BCUT2D eigenvalue weighted by Gasteiger charge is 2.25. The van der Waals surface area contributed by atoms with E-state index in [1.807, 2.05) is 18.2 Å². The van der Waals surface area contributed by atoms with Crippen molar-refractivity contribution in [3.63, 3.8) is 0 Å². The van der Waals surface area contributed by atoms with E-state index >= 15 is 0 Å². The van der Waals surface area contributed by atoms with Gasteiger partial charge in [0.05, 0.1) is 19.8 Å². The van der Waals surface area contributed by atoms with Crippen LogP contribution in [0.15, 0.2) is 42.5 Å². The van der Waals surface area contributed by atoms with Crippen molar-refractivity contribution in [1.82, 2.24) is 0 Å². The Morgan fingerprint density at radius 3 is 2.14 bits per heavy atom. The summed E-state index contributed by atoms with van der Waals surface area (Å²) in [4.78, 5) is 12.7. The van der Waals surface area contributed by atoms with Gasteiger partial charge in [-0.15, -0.1) is 0 Å². The van der Waals surface area contributed by atoms with Crippen LogP contribution in [-0.4, -0.2) is 32.2 Å². The number of Topliss-reactive ketones (excluding diaryl/α,β-unsaturated/α-hetero) is 1. The van der Waals surface area contributed by atoms with Crippen molar-refractivity contribution >= 4 is 5.78 Å². The van der Waals surface area contributed by atoms with Gasteiger partial charge in [-0.05, 0) is 11.6 Å². The molecule has 2 aromatic rings. The number of hydrogen-bond donors (Lipinski definition) is 1. The molecule has 0 radical (unpaired) electrons. The SMILES string of the molecule is COc1cc(O)c(C(=O)C(OC)c2ccccc2)cc1OC. The second-order valence-electron chi connectivity index (χ2n) is 4.62. The molecule has 1 atom stereocenters. The summed E-state index contributed by atoms with van der Waals surface area (Å²) in [5.74, 6) is 0.185. The van der Waals surface area contributed by atoms with Gasteiger partial charge in [-0.3, -0.25) is 4.79 Å². The lowest BCUT2D eigenvalue weighted by Crippen LogP contribution is -2.15. The number of ketones is 1. The number of hydrogen-bond acceptors (Lipinski definition) is 5. The van der Waals surface area contributed by atoms with E-state index in [0.29, 0.717) is 17.1 Å². The first kappa shape index (κ1) is 15.9. The predicted octanol–water partition coefficient (Wildman–Crippen LogP) is 2.98. The van der Waals surface area contributed by atoms with Crippen LogP contribution >= 0.6 is 0 Å². The molecule has 0 heterocycles. The number of ether oxygens (including phenoxy) is 3. The number of aromatic hydroxyl groups is 1. The maximum Gasteiger partial charge on any atom is 0.199 e. The highest BCUT2D eigenvalue weighted by molar-refractivity contribution is 6.02. The highest BCUT2D eigenvalue weighted by Crippen LogP contribution is 2.36. The molecule has 1 N–H and O–H groups in total. The van der Waals surface area contributed by atoms with Crippen LogP contribution in [0.5, 0.6) is 17.2 Å². The number of carbonyl (C=O) groups is 1. The zero-order valence-electron chi connectivity index (χ0n) is 12.7. The van der Waals surface area contributed by atoms with E-state index in [4.69, 9.17) is 14.2 Å². The molecule has 0 aromatic heterocycles. The molecule has 0 amide bonds. The molecule has 5 nitrogen and oxygen atoms in total. The van der Waals surface area contributed by atoms with E-state index in [2.05, 4.69) is 0 Å². The summed E-state index contributed by atoms with van der Waals surface area (Å²) >= 11 is 0. The van der Waals surface area contributed by atoms with Gasteiger partial charge >= 0.3 is 0 Å². The largest absolute Gasteiger partial charge is 0.507 e. The number of benzene rings is 2. The molecule has 0 spiro atoms. The molecule has 2 rings (SSSR count).